The summed E-state index contributed by atoms with van der Waals surface area (Å²) >= 11 is 6.29. The average Bonchev–Trinajstić information content (AvgIpc) is 3.01. The van der Waals surface area contributed by atoms with Crippen molar-refractivity contribution >= 4 is 39.1 Å². The van der Waals surface area contributed by atoms with Crippen LogP contribution in [0.4, 0.5) is 5.69 Å². The summed E-state index contributed by atoms with van der Waals surface area (Å²) in [7, 11) is 1.30. The molecule has 0 radical (unpaired) electrons. The van der Waals surface area contributed by atoms with Crippen LogP contribution in [0.25, 0.3) is 0 Å². The first kappa shape index (κ1) is 33.3. The molecule has 0 unspecified atom stereocenters. The smallest absolute Gasteiger partial charge is 0.265 e. The molecule has 0 aliphatic heterocycles. The third kappa shape index (κ3) is 7.82. The Kier molecular flexibility index (Phi) is 11.5. The Morgan fingerprint density at radius 1 is 0.860 bits per heavy atom. The van der Waals surface area contributed by atoms with Crippen LogP contribution < -0.4 is 28.6 Å². The van der Waals surface area contributed by atoms with Crippen molar-refractivity contribution in [2.45, 2.75) is 31.3 Å². The Bertz CT molecular complexity index is 1530. The fourth-order valence-corrected chi connectivity index (χ4v) is 5.91. The first-order chi connectivity index (χ1) is 20.5. The molecule has 0 aliphatic carbocycles. The van der Waals surface area contributed by atoms with Crippen molar-refractivity contribution in [3.8, 4) is 23.0 Å². The molecule has 11 nitrogen and oxygen atoms in total. The number of hydrogen-bond donors (Lipinski definition) is 1. The summed E-state index contributed by atoms with van der Waals surface area (Å²) in [5, 5.41) is 2.95. The molecule has 43 heavy (non-hydrogen) atoms. The Balaban J connectivity index is 2.14. The van der Waals surface area contributed by atoms with E-state index in [2.05, 4.69) is 5.32 Å². The molecule has 0 saturated heterocycles. The zero-order chi connectivity index (χ0) is 31.7. The predicted molar refractivity (Wildman–Crippen MR) is 164 cm³/mol. The maximum Gasteiger partial charge on any atom is 0.265 e. The number of methoxy groups -OCH3 is 4. The standard InChI is InChI=1S/C30H36ClN3O8S/c1-7-32-30(36)20(2)33(18-21-8-11-23(39-3)12-9-21)29(35)19-34(25-16-22(31)10-14-26(25)40-4)43(37,38)24-13-15-27(41-5)28(17-24)42-6/h8-17,20H,7,18-19H2,1-6H3,(H,32,36)/t20-/m1/s1. The number of sulfonamides is 1. The molecule has 0 aliphatic rings. The van der Waals surface area contributed by atoms with Gasteiger partial charge in [-0.1, -0.05) is 23.7 Å². The SMILES string of the molecule is CCNC(=O)[C@@H](C)N(Cc1ccc(OC)cc1)C(=O)CN(c1cc(Cl)ccc1OC)S(=O)(=O)c1ccc(OC)c(OC)c1. The van der Waals surface area contributed by atoms with Crippen LogP contribution in [0.1, 0.15) is 19.4 Å². The summed E-state index contributed by atoms with van der Waals surface area (Å²) in [4.78, 5) is 28.1. The first-order valence-corrected chi connectivity index (χ1v) is 15.1. The molecular formula is C30H36ClN3O8S. The number of rotatable bonds is 14. The van der Waals surface area contributed by atoms with E-state index in [-0.39, 0.29) is 39.6 Å². The van der Waals surface area contributed by atoms with Gasteiger partial charge in [-0.15, -0.1) is 0 Å². The fourth-order valence-electron chi connectivity index (χ4n) is 4.31. The largest absolute Gasteiger partial charge is 0.497 e. The lowest BCUT2D eigenvalue weighted by atomic mass is 10.1. The third-order valence-electron chi connectivity index (χ3n) is 6.66. The molecule has 2 amide bonds. The van der Waals surface area contributed by atoms with E-state index in [1.165, 1.54) is 56.6 Å². The number of benzene rings is 3. The number of carbonyl (C=O) groups excluding carboxylic acids is 2. The normalized spacial score (nSPS) is 11.7. The van der Waals surface area contributed by atoms with E-state index < -0.39 is 28.5 Å². The van der Waals surface area contributed by atoms with E-state index in [9.17, 15) is 18.0 Å². The van der Waals surface area contributed by atoms with Crippen LogP contribution in [0, 0.1) is 0 Å². The van der Waals surface area contributed by atoms with Crippen molar-refractivity contribution in [3.63, 3.8) is 0 Å². The highest BCUT2D eigenvalue weighted by atomic mass is 35.5. The Morgan fingerprint density at radius 2 is 1.49 bits per heavy atom. The van der Waals surface area contributed by atoms with Gasteiger partial charge in [0.1, 0.15) is 24.1 Å². The van der Waals surface area contributed by atoms with Crippen LogP contribution in [0.3, 0.4) is 0 Å². The van der Waals surface area contributed by atoms with E-state index in [0.29, 0.717) is 23.6 Å². The van der Waals surface area contributed by atoms with Crippen molar-refractivity contribution in [2.24, 2.45) is 0 Å². The number of anilines is 1. The number of carbonyl (C=O) groups is 2. The van der Waals surface area contributed by atoms with E-state index in [1.54, 1.807) is 51.3 Å². The molecule has 3 rings (SSSR count). The highest BCUT2D eigenvalue weighted by Gasteiger charge is 2.34. The van der Waals surface area contributed by atoms with Gasteiger partial charge < -0.3 is 29.2 Å². The van der Waals surface area contributed by atoms with Gasteiger partial charge in [-0.05, 0) is 61.9 Å². The molecule has 3 aromatic carbocycles. The molecule has 0 aromatic heterocycles. The van der Waals surface area contributed by atoms with Gasteiger partial charge in [0.05, 0.1) is 39.0 Å². The van der Waals surface area contributed by atoms with Crippen LogP contribution in [0.15, 0.2) is 65.6 Å². The van der Waals surface area contributed by atoms with E-state index in [1.807, 2.05) is 0 Å². The quantitative estimate of drug-likeness (QED) is 0.281. The van der Waals surface area contributed by atoms with Gasteiger partial charge in [0, 0.05) is 24.2 Å². The molecule has 0 bridgehead atoms. The summed E-state index contributed by atoms with van der Waals surface area (Å²) in [5.74, 6) is 0.266. The van der Waals surface area contributed by atoms with Gasteiger partial charge >= 0.3 is 0 Å². The monoisotopic (exact) mass is 633 g/mol. The van der Waals surface area contributed by atoms with Gasteiger partial charge in [0.15, 0.2) is 11.5 Å². The Morgan fingerprint density at radius 3 is 2.07 bits per heavy atom. The van der Waals surface area contributed by atoms with Crippen molar-refractivity contribution in [3.05, 3.63) is 71.2 Å². The van der Waals surface area contributed by atoms with Crippen molar-refractivity contribution in [2.75, 3.05) is 45.8 Å². The van der Waals surface area contributed by atoms with Crippen LogP contribution in [-0.4, -0.2) is 72.7 Å². The summed E-state index contributed by atoms with van der Waals surface area (Å²) in [5.41, 5.74) is 0.744. The highest BCUT2D eigenvalue weighted by molar-refractivity contribution is 7.92. The molecule has 0 spiro atoms. The molecule has 0 fully saturated rings. The van der Waals surface area contributed by atoms with Gasteiger partial charge in [0.25, 0.3) is 10.0 Å². The molecular weight excluding hydrogens is 598 g/mol. The van der Waals surface area contributed by atoms with Gasteiger partial charge in [-0.25, -0.2) is 8.42 Å². The molecule has 232 valence electrons. The second-order valence-electron chi connectivity index (χ2n) is 9.28. The number of ether oxygens (including phenoxy) is 4. The highest BCUT2D eigenvalue weighted by Crippen LogP contribution is 2.37. The minimum Gasteiger partial charge on any atom is -0.497 e. The topological polar surface area (TPSA) is 124 Å². The lowest BCUT2D eigenvalue weighted by molar-refractivity contribution is -0.139. The van der Waals surface area contributed by atoms with Gasteiger partial charge in [-0.3, -0.25) is 13.9 Å². The van der Waals surface area contributed by atoms with E-state index in [4.69, 9.17) is 30.5 Å². The fraction of sp³-hybridized carbons (Fsp3) is 0.333. The molecule has 1 N–H and O–H groups in total. The van der Waals surface area contributed by atoms with E-state index in [0.717, 1.165) is 4.31 Å². The van der Waals surface area contributed by atoms with Crippen LogP contribution in [0.2, 0.25) is 5.02 Å². The summed E-state index contributed by atoms with van der Waals surface area (Å²) in [6.07, 6.45) is 0. The Labute approximate surface area is 257 Å². The molecule has 1 atom stereocenters. The number of nitrogens with one attached hydrogen (secondary N) is 1. The van der Waals surface area contributed by atoms with Gasteiger partial charge in [0.2, 0.25) is 11.8 Å². The second kappa shape index (κ2) is 14.8. The van der Waals surface area contributed by atoms with Crippen LogP contribution in [-0.2, 0) is 26.2 Å². The first-order valence-electron chi connectivity index (χ1n) is 13.3. The molecule has 3 aromatic rings. The van der Waals surface area contributed by atoms with Crippen LogP contribution >= 0.6 is 11.6 Å². The minimum absolute atomic E-state index is 0.0258. The predicted octanol–water partition coefficient (Wildman–Crippen LogP) is 4.12. The number of likely N-dealkylation sites (N-methyl/N-ethyl adjacent to an activating group) is 1. The maximum atomic E-state index is 14.2. The lowest BCUT2D eigenvalue weighted by Gasteiger charge is -2.32. The van der Waals surface area contributed by atoms with Crippen molar-refractivity contribution in [1.82, 2.24) is 10.2 Å². The number of nitrogens with zero attached hydrogens (tertiary/aromatic N) is 2. The minimum atomic E-state index is -4.43. The van der Waals surface area contributed by atoms with Gasteiger partial charge in [-0.2, -0.15) is 0 Å². The zero-order valence-electron chi connectivity index (χ0n) is 24.9. The second-order valence-corrected chi connectivity index (χ2v) is 11.6. The zero-order valence-corrected chi connectivity index (χ0v) is 26.5. The van der Waals surface area contributed by atoms with Crippen molar-refractivity contribution < 1.29 is 37.0 Å². The summed E-state index contributed by atoms with van der Waals surface area (Å²) < 4.78 is 50.7. The summed E-state index contributed by atoms with van der Waals surface area (Å²) in [6.45, 7) is 3.06. The molecule has 0 saturated carbocycles. The summed E-state index contributed by atoms with van der Waals surface area (Å²) in [6, 6.07) is 14.6. The number of halogens is 1. The Hall–Kier alpha value is -4.16. The third-order valence-corrected chi connectivity index (χ3v) is 8.65. The van der Waals surface area contributed by atoms with E-state index >= 15 is 0 Å². The number of hydrogen-bond acceptors (Lipinski definition) is 8. The molecule has 0 heterocycles. The van der Waals surface area contributed by atoms with Crippen LogP contribution in [0.5, 0.6) is 23.0 Å². The average molecular weight is 634 g/mol. The van der Waals surface area contributed by atoms with Crippen molar-refractivity contribution in [1.29, 1.82) is 0 Å². The molecule has 13 heteroatoms. The number of amides is 2. The maximum absolute atomic E-state index is 14.2. The lowest BCUT2D eigenvalue weighted by Crippen LogP contribution is -2.51.